The first-order valence-corrected chi connectivity index (χ1v) is 2.21. The van der Waals surface area contributed by atoms with E-state index >= 15 is 0 Å². The molecule has 0 heterocycles. The molecule has 0 fully saturated rings. The van der Waals surface area contributed by atoms with Crippen molar-refractivity contribution in [2.24, 2.45) is 0 Å². The first-order chi connectivity index (χ1) is 5.29. The number of carboxylic acids is 4. The Labute approximate surface area is 81.3 Å². The van der Waals surface area contributed by atoms with Gasteiger partial charge in [0.1, 0.15) is 0 Å². The van der Waals surface area contributed by atoms with Gasteiger partial charge in [-0.1, -0.05) is 0 Å². The molecule has 1 radical (unpaired) electrons. The normalized spacial score (nSPS) is 6.77. The van der Waals surface area contributed by atoms with Crippen molar-refractivity contribution in [1.29, 1.82) is 0 Å². The molecule has 0 aromatic rings. The molecule has 0 saturated heterocycles. The third kappa shape index (κ3) is 17.9. The van der Waals surface area contributed by atoms with Crippen molar-refractivity contribution in [2.75, 3.05) is 0 Å². The van der Waals surface area contributed by atoms with E-state index in [9.17, 15) is 0 Å². The van der Waals surface area contributed by atoms with Gasteiger partial charge >= 0.3 is 23.9 Å². The van der Waals surface area contributed by atoms with Gasteiger partial charge in [-0.2, -0.15) is 0 Å². The van der Waals surface area contributed by atoms with Crippen LogP contribution in [0.5, 0.6) is 0 Å². The summed E-state index contributed by atoms with van der Waals surface area (Å²) in [4.78, 5) is 36.4. The smallest absolute Gasteiger partial charge is 0.414 e. The molecular weight excluding hydrogens is 240 g/mol. The van der Waals surface area contributed by atoms with E-state index in [1.165, 1.54) is 0 Å². The summed E-state index contributed by atoms with van der Waals surface area (Å²) in [6, 6.07) is 0. The molecule has 0 rings (SSSR count). The van der Waals surface area contributed by atoms with E-state index in [0.29, 0.717) is 0 Å². The monoisotopic (exact) mass is 243 g/mol. The number of rotatable bonds is 0. The van der Waals surface area contributed by atoms with Gasteiger partial charge in [-0.05, 0) is 0 Å². The van der Waals surface area contributed by atoms with Crippen molar-refractivity contribution >= 4 is 23.9 Å². The van der Waals surface area contributed by atoms with E-state index in [2.05, 4.69) is 0 Å². The molecule has 13 heavy (non-hydrogen) atoms. The van der Waals surface area contributed by atoms with Crippen LogP contribution in [0.15, 0.2) is 0 Å². The van der Waals surface area contributed by atoms with Crippen molar-refractivity contribution in [2.45, 2.75) is 0 Å². The Kier molecular flexibility index (Phi) is 11.4. The topological polar surface area (TPSA) is 149 Å². The molecule has 0 unspecified atom stereocenters. The van der Waals surface area contributed by atoms with E-state index in [-0.39, 0.29) is 17.1 Å². The van der Waals surface area contributed by atoms with Crippen LogP contribution in [-0.2, 0) is 36.2 Å². The Morgan fingerprint density at radius 1 is 0.538 bits per heavy atom. The molecule has 79 valence electrons. The van der Waals surface area contributed by atoms with Gasteiger partial charge in [0.15, 0.2) is 0 Å². The Morgan fingerprint density at radius 3 is 0.615 bits per heavy atom. The summed E-state index contributed by atoms with van der Waals surface area (Å²) >= 11 is 0. The molecule has 0 atom stereocenters. The molecule has 0 aliphatic carbocycles. The van der Waals surface area contributed by atoms with E-state index in [4.69, 9.17) is 39.6 Å². The minimum atomic E-state index is -1.82. The molecule has 4 N–H and O–H groups in total. The van der Waals surface area contributed by atoms with Crippen LogP contribution >= 0.6 is 0 Å². The van der Waals surface area contributed by atoms with Gasteiger partial charge in [0.2, 0.25) is 0 Å². The summed E-state index contributed by atoms with van der Waals surface area (Å²) in [6.45, 7) is 0. The fourth-order valence-electron chi connectivity index (χ4n) is 0. The zero-order chi connectivity index (χ0) is 10.3. The van der Waals surface area contributed by atoms with E-state index in [1.807, 2.05) is 0 Å². The Bertz CT molecular complexity index is 172. The van der Waals surface area contributed by atoms with Crippen LogP contribution in [0.2, 0.25) is 0 Å². The fraction of sp³-hybridized carbons (Fsp3) is 0. The van der Waals surface area contributed by atoms with Gasteiger partial charge in [-0.25, -0.2) is 19.2 Å². The molecule has 0 spiro atoms. The maximum Gasteiger partial charge on any atom is 0.414 e. The quantitative estimate of drug-likeness (QED) is 0.291. The van der Waals surface area contributed by atoms with Crippen LogP contribution in [0.3, 0.4) is 0 Å². The molecule has 0 bridgehead atoms. The second kappa shape index (κ2) is 8.50. The Morgan fingerprint density at radius 2 is 0.615 bits per heavy atom. The second-order valence-electron chi connectivity index (χ2n) is 1.22. The van der Waals surface area contributed by atoms with E-state index in [0.717, 1.165) is 0 Å². The van der Waals surface area contributed by atoms with Gasteiger partial charge in [0.25, 0.3) is 0 Å². The van der Waals surface area contributed by atoms with Crippen LogP contribution in [0.4, 0.5) is 0 Å². The summed E-state index contributed by atoms with van der Waals surface area (Å²) in [7, 11) is 0. The average Bonchev–Trinajstić information content (AvgIpc) is 1.88. The van der Waals surface area contributed by atoms with Crippen molar-refractivity contribution in [3.63, 3.8) is 0 Å². The Hall–Kier alpha value is -1.60. The molecule has 0 aliphatic rings. The number of hydrogen-bond acceptors (Lipinski definition) is 4. The van der Waals surface area contributed by atoms with E-state index < -0.39 is 23.9 Å². The summed E-state index contributed by atoms with van der Waals surface area (Å²) < 4.78 is 0. The average molecular weight is 244 g/mol. The maximum atomic E-state index is 9.10. The summed E-state index contributed by atoms with van der Waals surface area (Å²) in [5, 5.41) is 29.6. The third-order valence-corrected chi connectivity index (χ3v) is 0.366. The van der Waals surface area contributed by atoms with Gasteiger partial charge < -0.3 is 20.4 Å². The summed E-state index contributed by atoms with van der Waals surface area (Å²) in [6.07, 6.45) is 0. The predicted molar refractivity (Wildman–Crippen MR) is 30.5 cm³/mol. The van der Waals surface area contributed by atoms with Gasteiger partial charge in [0, 0.05) is 17.1 Å². The molecule has 0 amide bonds. The third-order valence-electron chi connectivity index (χ3n) is 0.366. The van der Waals surface area contributed by atoms with E-state index in [1.54, 1.807) is 0 Å². The van der Waals surface area contributed by atoms with Gasteiger partial charge in [0.05, 0.1) is 0 Å². The SMILES string of the molecule is O=C(O)C(=O)O.O=C(O)C(=O)O.[Cu]. The van der Waals surface area contributed by atoms with Crippen LogP contribution in [-0.4, -0.2) is 44.3 Å². The second-order valence-corrected chi connectivity index (χ2v) is 1.22. The van der Waals surface area contributed by atoms with Crippen LogP contribution in [0.1, 0.15) is 0 Å². The molecular formula is C4H4CuO8. The zero-order valence-corrected chi connectivity index (χ0v) is 6.67. The van der Waals surface area contributed by atoms with Crippen molar-refractivity contribution in [3.8, 4) is 0 Å². The molecule has 8 nitrogen and oxygen atoms in total. The minimum Gasteiger partial charge on any atom is -0.473 e. The van der Waals surface area contributed by atoms with Gasteiger partial charge in [-0.3, -0.25) is 0 Å². The molecule has 9 heteroatoms. The largest absolute Gasteiger partial charge is 0.473 e. The summed E-state index contributed by atoms with van der Waals surface area (Å²) in [5.74, 6) is -7.30. The first-order valence-electron chi connectivity index (χ1n) is 2.21. The van der Waals surface area contributed by atoms with Crippen LogP contribution in [0.25, 0.3) is 0 Å². The minimum absolute atomic E-state index is 0. The van der Waals surface area contributed by atoms with Crippen molar-refractivity contribution in [1.82, 2.24) is 0 Å². The maximum absolute atomic E-state index is 9.10. The van der Waals surface area contributed by atoms with Crippen LogP contribution in [0, 0.1) is 0 Å². The number of carbonyl (C=O) groups is 4. The molecule has 0 aromatic heterocycles. The van der Waals surface area contributed by atoms with Crippen molar-refractivity contribution < 1.29 is 56.7 Å². The van der Waals surface area contributed by atoms with Gasteiger partial charge in [-0.15, -0.1) is 0 Å². The molecule has 0 aromatic carbocycles. The first kappa shape index (κ1) is 17.5. The molecule has 0 aliphatic heterocycles. The number of hydrogen-bond donors (Lipinski definition) is 4. The number of carboxylic acid groups (broad SMARTS) is 4. The summed E-state index contributed by atoms with van der Waals surface area (Å²) in [5.41, 5.74) is 0. The van der Waals surface area contributed by atoms with Crippen LogP contribution < -0.4 is 0 Å². The predicted octanol–water partition coefficient (Wildman–Crippen LogP) is -1.69. The Balaban J connectivity index is -0.000000143. The van der Waals surface area contributed by atoms with Crippen molar-refractivity contribution in [3.05, 3.63) is 0 Å². The molecule has 0 saturated carbocycles. The number of aliphatic carboxylic acids is 4. The fourth-order valence-corrected chi connectivity index (χ4v) is 0. The zero-order valence-electron chi connectivity index (χ0n) is 5.72. The standard InChI is InChI=1S/2C2H2O4.Cu/c2*3-1(4)2(5)6;/h2*(H,3,4)(H,5,6);.